The summed E-state index contributed by atoms with van der Waals surface area (Å²) in [5.74, 6) is -0.793. The predicted octanol–water partition coefficient (Wildman–Crippen LogP) is 3.95. The quantitative estimate of drug-likeness (QED) is 0.516. The van der Waals surface area contributed by atoms with Crippen LogP contribution in [0.25, 0.3) is 6.08 Å². The van der Waals surface area contributed by atoms with Crippen LogP contribution in [-0.2, 0) is 9.59 Å². The maximum absolute atomic E-state index is 12.8. The van der Waals surface area contributed by atoms with Crippen molar-refractivity contribution < 1.29 is 24.5 Å². The Labute approximate surface area is 178 Å². The second kappa shape index (κ2) is 9.32. The van der Waals surface area contributed by atoms with Crippen molar-refractivity contribution in [2.24, 2.45) is 4.99 Å². The molecular formula is C22H20N2O5S. The molecule has 0 spiro atoms. The molecule has 1 saturated heterocycles. The monoisotopic (exact) mass is 424 g/mol. The lowest BCUT2D eigenvalue weighted by Crippen LogP contribution is -2.29. The number of thioether (sulfide) groups is 1. The maximum atomic E-state index is 12.8. The number of amides is 1. The van der Waals surface area contributed by atoms with Crippen molar-refractivity contribution in [1.29, 1.82) is 0 Å². The molecule has 2 aromatic rings. The summed E-state index contributed by atoms with van der Waals surface area (Å²) in [7, 11) is 0. The molecule has 3 rings (SSSR count). The normalized spacial score (nSPS) is 16.3. The lowest BCUT2D eigenvalue weighted by Gasteiger charge is -2.12. The molecule has 2 aromatic carbocycles. The van der Waals surface area contributed by atoms with Crippen molar-refractivity contribution >= 4 is 40.6 Å². The number of hydrogen-bond donors (Lipinski definition) is 2. The molecule has 0 radical (unpaired) electrons. The smallest absolute Gasteiger partial charge is 0.341 e. The van der Waals surface area contributed by atoms with Gasteiger partial charge in [0.1, 0.15) is 17.2 Å². The zero-order valence-corrected chi connectivity index (χ0v) is 17.1. The van der Waals surface area contributed by atoms with Crippen molar-refractivity contribution in [3.8, 4) is 11.5 Å². The number of ether oxygens (including phenoxy) is 1. The molecule has 0 unspecified atom stereocenters. The van der Waals surface area contributed by atoms with Crippen molar-refractivity contribution in [2.45, 2.75) is 6.92 Å². The molecule has 154 valence electrons. The number of amidine groups is 1. The number of carboxylic acids is 1. The van der Waals surface area contributed by atoms with Gasteiger partial charge in [0.05, 0.1) is 4.91 Å². The summed E-state index contributed by atoms with van der Waals surface area (Å²) < 4.78 is 5.11. The highest BCUT2D eigenvalue weighted by Crippen LogP contribution is 2.36. The van der Waals surface area contributed by atoms with Crippen LogP contribution in [0.5, 0.6) is 11.5 Å². The third-order valence-electron chi connectivity index (χ3n) is 4.09. The Kier molecular flexibility index (Phi) is 6.58. The Hall–Kier alpha value is -3.52. The summed E-state index contributed by atoms with van der Waals surface area (Å²) in [6, 6.07) is 11.9. The summed E-state index contributed by atoms with van der Waals surface area (Å²) in [5, 5.41) is 19.3. The second-order valence-electron chi connectivity index (χ2n) is 6.45. The zero-order chi connectivity index (χ0) is 21.7. The van der Waals surface area contributed by atoms with Gasteiger partial charge in [-0.3, -0.25) is 9.69 Å². The SMILES string of the molecule is C=CCN1C(=O)/C(=C/c2ccc(OCC(=O)O)cc2)SC1=Nc1ccc(C)cc1O. The molecule has 1 fully saturated rings. The maximum Gasteiger partial charge on any atom is 0.341 e. The highest BCUT2D eigenvalue weighted by atomic mass is 32.2. The van der Waals surface area contributed by atoms with E-state index in [0.717, 1.165) is 11.1 Å². The van der Waals surface area contributed by atoms with Crippen LogP contribution in [0, 0.1) is 6.92 Å². The van der Waals surface area contributed by atoms with E-state index in [0.29, 0.717) is 21.5 Å². The van der Waals surface area contributed by atoms with E-state index in [2.05, 4.69) is 11.6 Å². The molecule has 0 bridgehead atoms. The molecule has 2 N–H and O–H groups in total. The Balaban J connectivity index is 1.85. The van der Waals surface area contributed by atoms with Gasteiger partial charge in [0.2, 0.25) is 0 Å². The fourth-order valence-electron chi connectivity index (χ4n) is 2.67. The van der Waals surface area contributed by atoms with E-state index in [9.17, 15) is 14.7 Å². The molecule has 0 atom stereocenters. The molecule has 1 aliphatic heterocycles. The van der Waals surface area contributed by atoms with Gasteiger partial charge in [-0.25, -0.2) is 9.79 Å². The van der Waals surface area contributed by atoms with E-state index in [1.54, 1.807) is 48.6 Å². The first-order chi connectivity index (χ1) is 14.4. The van der Waals surface area contributed by atoms with Crippen LogP contribution in [0.15, 0.2) is 65.0 Å². The zero-order valence-electron chi connectivity index (χ0n) is 16.2. The number of benzene rings is 2. The van der Waals surface area contributed by atoms with Gasteiger partial charge in [-0.15, -0.1) is 6.58 Å². The van der Waals surface area contributed by atoms with E-state index in [4.69, 9.17) is 9.84 Å². The van der Waals surface area contributed by atoms with Gasteiger partial charge in [-0.1, -0.05) is 24.3 Å². The molecule has 1 heterocycles. The summed E-state index contributed by atoms with van der Waals surface area (Å²) in [4.78, 5) is 29.8. The number of carbonyl (C=O) groups excluding carboxylic acids is 1. The number of rotatable bonds is 7. The summed E-state index contributed by atoms with van der Waals surface area (Å²) in [6.45, 7) is 5.43. The molecule has 0 saturated carbocycles. The number of phenolic OH excluding ortho intramolecular Hbond substituents is 1. The number of nitrogens with zero attached hydrogens (tertiary/aromatic N) is 2. The van der Waals surface area contributed by atoms with Gasteiger partial charge < -0.3 is 14.9 Å². The van der Waals surface area contributed by atoms with Crippen LogP contribution in [0.3, 0.4) is 0 Å². The van der Waals surface area contributed by atoms with Crippen LogP contribution in [0.2, 0.25) is 0 Å². The minimum atomic E-state index is -1.05. The first-order valence-electron chi connectivity index (χ1n) is 9.02. The minimum Gasteiger partial charge on any atom is -0.506 e. The van der Waals surface area contributed by atoms with Crippen LogP contribution in [0.4, 0.5) is 5.69 Å². The summed E-state index contributed by atoms with van der Waals surface area (Å²) >= 11 is 1.21. The number of hydrogen-bond acceptors (Lipinski definition) is 6. The third-order valence-corrected chi connectivity index (χ3v) is 5.09. The van der Waals surface area contributed by atoms with E-state index < -0.39 is 12.6 Å². The average Bonchev–Trinajstić information content (AvgIpc) is 2.99. The summed E-state index contributed by atoms with van der Waals surface area (Å²) in [5.41, 5.74) is 2.04. The number of phenols is 1. The molecule has 1 aliphatic rings. The van der Waals surface area contributed by atoms with E-state index >= 15 is 0 Å². The number of aryl methyl sites for hydroxylation is 1. The Bertz CT molecular complexity index is 1040. The predicted molar refractivity (Wildman–Crippen MR) is 117 cm³/mol. The lowest BCUT2D eigenvalue weighted by molar-refractivity contribution is -0.139. The fourth-order valence-corrected chi connectivity index (χ4v) is 3.67. The first kappa shape index (κ1) is 21.2. The Morgan fingerprint density at radius 2 is 2.00 bits per heavy atom. The molecule has 7 nitrogen and oxygen atoms in total. The average molecular weight is 424 g/mol. The fraction of sp³-hybridized carbons (Fsp3) is 0.136. The summed E-state index contributed by atoms with van der Waals surface area (Å²) in [6.07, 6.45) is 3.34. The highest BCUT2D eigenvalue weighted by molar-refractivity contribution is 8.18. The van der Waals surface area contributed by atoms with Crippen LogP contribution >= 0.6 is 11.8 Å². The van der Waals surface area contributed by atoms with Crippen LogP contribution < -0.4 is 4.74 Å². The molecule has 1 amide bonds. The number of aliphatic carboxylic acids is 1. The van der Waals surface area contributed by atoms with Gasteiger partial charge in [0.15, 0.2) is 11.8 Å². The van der Waals surface area contributed by atoms with Crippen molar-refractivity contribution in [3.05, 3.63) is 71.2 Å². The van der Waals surface area contributed by atoms with E-state index in [1.807, 2.05) is 13.0 Å². The number of aromatic hydroxyl groups is 1. The van der Waals surface area contributed by atoms with E-state index in [-0.39, 0.29) is 18.2 Å². The minimum absolute atomic E-state index is 0.0449. The van der Waals surface area contributed by atoms with Gasteiger partial charge >= 0.3 is 5.97 Å². The molecule has 0 aliphatic carbocycles. The van der Waals surface area contributed by atoms with Crippen molar-refractivity contribution in [2.75, 3.05) is 13.2 Å². The van der Waals surface area contributed by atoms with Gasteiger partial charge in [0.25, 0.3) is 5.91 Å². The first-order valence-corrected chi connectivity index (χ1v) is 9.84. The lowest BCUT2D eigenvalue weighted by atomic mass is 10.2. The van der Waals surface area contributed by atoms with Crippen LogP contribution in [-0.4, -0.2) is 45.3 Å². The van der Waals surface area contributed by atoms with Gasteiger partial charge in [0, 0.05) is 6.54 Å². The Morgan fingerprint density at radius 3 is 2.63 bits per heavy atom. The highest BCUT2D eigenvalue weighted by Gasteiger charge is 2.32. The third kappa shape index (κ3) is 5.09. The number of carboxylic acid groups (broad SMARTS) is 1. The van der Waals surface area contributed by atoms with Crippen molar-refractivity contribution in [3.63, 3.8) is 0 Å². The van der Waals surface area contributed by atoms with E-state index in [1.165, 1.54) is 16.7 Å². The number of carbonyl (C=O) groups is 2. The largest absolute Gasteiger partial charge is 0.506 e. The molecule has 30 heavy (non-hydrogen) atoms. The molecule has 8 heteroatoms. The second-order valence-corrected chi connectivity index (χ2v) is 7.46. The molecular weight excluding hydrogens is 404 g/mol. The van der Waals surface area contributed by atoms with Crippen molar-refractivity contribution in [1.82, 2.24) is 4.90 Å². The van der Waals surface area contributed by atoms with Gasteiger partial charge in [-0.05, 0) is 60.2 Å². The molecule has 0 aromatic heterocycles. The topological polar surface area (TPSA) is 99.4 Å². The van der Waals surface area contributed by atoms with Gasteiger partial charge in [-0.2, -0.15) is 0 Å². The Morgan fingerprint density at radius 1 is 1.27 bits per heavy atom. The number of aliphatic imine (C=N–C) groups is 1. The van der Waals surface area contributed by atoms with Crippen LogP contribution in [0.1, 0.15) is 11.1 Å². The standard InChI is InChI=1S/C22H20N2O5S/c1-3-10-24-21(28)19(12-15-5-7-16(8-6-15)29-13-20(26)27)30-22(24)23-17-9-4-14(2)11-18(17)25/h3-9,11-12,25H,1,10,13H2,2H3,(H,26,27)/b19-12-,23-22?.